The van der Waals surface area contributed by atoms with Crippen LogP contribution in [0.15, 0.2) is 53.4 Å². The fraction of sp³-hybridized carbons (Fsp3) is 0.263. The zero-order valence-electron chi connectivity index (χ0n) is 13.6. The van der Waals surface area contributed by atoms with E-state index in [-0.39, 0.29) is 5.91 Å². The van der Waals surface area contributed by atoms with Gasteiger partial charge in [0, 0.05) is 22.9 Å². The summed E-state index contributed by atoms with van der Waals surface area (Å²) in [6, 6.07) is 18.0. The van der Waals surface area contributed by atoms with Crippen LogP contribution in [0.4, 0.5) is 0 Å². The molecule has 2 aromatic rings. The van der Waals surface area contributed by atoms with Gasteiger partial charge in [0.25, 0.3) is 0 Å². The van der Waals surface area contributed by atoms with Gasteiger partial charge >= 0.3 is 0 Å². The molecule has 0 fully saturated rings. The molecule has 0 heterocycles. The monoisotopic (exact) mass is 356 g/mol. The Morgan fingerprint density at radius 3 is 2.50 bits per heavy atom. The summed E-state index contributed by atoms with van der Waals surface area (Å²) in [5.41, 5.74) is 3.04. The Balaban J connectivity index is 1.57. The summed E-state index contributed by atoms with van der Waals surface area (Å²) in [5.74, 6) is 2.17. The van der Waals surface area contributed by atoms with Crippen molar-refractivity contribution in [3.8, 4) is 6.07 Å². The smallest absolute Gasteiger partial charge is 0.230 e. The molecular formula is C19H20N2OS2. The third-order valence-electron chi connectivity index (χ3n) is 3.30. The molecule has 1 amide bonds. The third kappa shape index (κ3) is 6.69. The zero-order chi connectivity index (χ0) is 17.2. The number of nitrogens with zero attached hydrogens (tertiary/aromatic N) is 1. The molecule has 24 heavy (non-hydrogen) atoms. The number of rotatable bonds is 8. The van der Waals surface area contributed by atoms with Crippen LogP contribution in [0.3, 0.4) is 0 Å². The van der Waals surface area contributed by atoms with Gasteiger partial charge in [-0.15, -0.1) is 23.5 Å². The van der Waals surface area contributed by atoms with E-state index in [1.807, 2.05) is 12.1 Å². The number of carbonyl (C=O) groups excluding carboxylic acids is 1. The lowest BCUT2D eigenvalue weighted by Crippen LogP contribution is -2.27. The van der Waals surface area contributed by atoms with Crippen molar-refractivity contribution in [3.63, 3.8) is 0 Å². The van der Waals surface area contributed by atoms with Gasteiger partial charge in [0.2, 0.25) is 5.91 Å². The number of aryl methyl sites for hydroxylation is 1. The Bertz CT molecular complexity index is 691. The quantitative estimate of drug-likeness (QED) is 0.573. The zero-order valence-corrected chi connectivity index (χ0v) is 15.3. The number of amides is 1. The lowest BCUT2D eigenvalue weighted by Gasteiger charge is -2.06. The summed E-state index contributed by atoms with van der Waals surface area (Å²) < 4.78 is 0. The molecule has 2 rings (SSSR count). The number of thioether (sulfide) groups is 2. The maximum atomic E-state index is 11.8. The summed E-state index contributed by atoms with van der Waals surface area (Å²) in [4.78, 5) is 13.0. The molecule has 0 aromatic heterocycles. The summed E-state index contributed by atoms with van der Waals surface area (Å²) in [7, 11) is 0. The van der Waals surface area contributed by atoms with Gasteiger partial charge in [0.1, 0.15) is 0 Å². The molecule has 0 aliphatic carbocycles. The number of benzene rings is 2. The minimum absolute atomic E-state index is 0.0677. The lowest BCUT2D eigenvalue weighted by atomic mass is 10.2. The normalized spacial score (nSPS) is 10.2. The largest absolute Gasteiger partial charge is 0.355 e. The molecule has 3 nitrogen and oxygen atoms in total. The molecule has 0 radical (unpaired) electrons. The molecule has 0 saturated heterocycles. The van der Waals surface area contributed by atoms with Crippen molar-refractivity contribution in [2.45, 2.75) is 17.6 Å². The van der Waals surface area contributed by atoms with E-state index in [1.54, 1.807) is 35.7 Å². The number of hydrogen-bond acceptors (Lipinski definition) is 4. The van der Waals surface area contributed by atoms with Gasteiger partial charge < -0.3 is 5.32 Å². The number of nitrogens with one attached hydrogen (secondary N) is 1. The Hall–Kier alpha value is -1.90. The fourth-order valence-electron chi connectivity index (χ4n) is 1.98. The van der Waals surface area contributed by atoms with Gasteiger partial charge in [0.05, 0.1) is 17.4 Å². The Labute approximate surface area is 151 Å². The van der Waals surface area contributed by atoms with Crippen molar-refractivity contribution in [2.75, 3.05) is 18.1 Å². The number of carbonyl (C=O) groups is 1. The van der Waals surface area contributed by atoms with Crippen LogP contribution in [-0.2, 0) is 10.5 Å². The predicted octanol–water partition coefficient (Wildman–Crippen LogP) is 4.01. The minimum atomic E-state index is 0.0677. The fourth-order valence-corrected chi connectivity index (χ4v) is 3.57. The van der Waals surface area contributed by atoms with Crippen LogP contribution in [0.25, 0.3) is 0 Å². The Morgan fingerprint density at radius 2 is 1.83 bits per heavy atom. The number of hydrogen-bond donors (Lipinski definition) is 1. The van der Waals surface area contributed by atoms with Crippen LogP contribution in [0.2, 0.25) is 0 Å². The molecule has 0 bridgehead atoms. The molecule has 2 aromatic carbocycles. The van der Waals surface area contributed by atoms with E-state index in [4.69, 9.17) is 5.26 Å². The summed E-state index contributed by atoms with van der Waals surface area (Å²) in [5, 5.41) is 11.7. The SMILES string of the molecule is Cc1ccc(SCCNC(=O)CSCc2ccc(C#N)cc2)cc1. The molecule has 0 saturated carbocycles. The van der Waals surface area contributed by atoms with E-state index in [2.05, 4.69) is 42.6 Å². The van der Waals surface area contributed by atoms with Gasteiger partial charge in [-0.05, 0) is 36.8 Å². The van der Waals surface area contributed by atoms with E-state index in [0.29, 0.717) is 17.9 Å². The first-order valence-corrected chi connectivity index (χ1v) is 9.84. The molecule has 0 spiro atoms. The maximum absolute atomic E-state index is 11.8. The van der Waals surface area contributed by atoms with E-state index >= 15 is 0 Å². The summed E-state index contributed by atoms with van der Waals surface area (Å²) in [6.07, 6.45) is 0. The molecule has 0 unspecified atom stereocenters. The van der Waals surface area contributed by atoms with Gasteiger partial charge in [-0.1, -0.05) is 29.8 Å². The van der Waals surface area contributed by atoms with Crippen LogP contribution in [0.5, 0.6) is 0 Å². The Morgan fingerprint density at radius 1 is 1.12 bits per heavy atom. The second-order valence-corrected chi connectivity index (χ2v) is 7.47. The first-order valence-electron chi connectivity index (χ1n) is 7.70. The molecule has 0 aliphatic heterocycles. The lowest BCUT2D eigenvalue weighted by molar-refractivity contribution is -0.118. The first kappa shape index (κ1) is 18.4. The van der Waals surface area contributed by atoms with Crippen molar-refractivity contribution < 1.29 is 4.79 Å². The van der Waals surface area contributed by atoms with Crippen LogP contribution in [0, 0.1) is 18.3 Å². The van der Waals surface area contributed by atoms with Crippen molar-refractivity contribution in [1.82, 2.24) is 5.32 Å². The highest BCUT2D eigenvalue weighted by molar-refractivity contribution is 7.99. The standard InChI is InChI=1S/C19H20N2OS2/c1-15-2-8-18(9-3-15)24-11-10-21-19(22)14-23-13-17-6-4-16(12-20)5-7-17/h2-9H,10-11,13-14H2,1H3,(H,21,22). The van der Waals surface area contributed by atoms with Crippen molar-refractivity contribution >= 4 is 29.4 Å². The minimum Gasteiger partial charge on any atom is -0.355 e. The van der Waals surface area contributed by atoms with Crippen molar-refractivity contribution in [2.24, 2.45) is 0 Å². The summed E-state index contributed by atoms with van der Waals surface area (Å²) >= 11 is 3.33. The molecule has 0 aliphatic rings. The first-order chi connectivity index (χ1) is 11.7. The van der Waals surface area contributed by atoms with Crippen molar-refractivity contribution in [1.29, 1.82) is 5.26 Å². The van der Waals surface area contributed by atoms with Gasteiger partial charge in [-0.25, -0.2) is 0 Å². The van der Waals surface area contributed by atoms with Gasteiger partial charge in [-0.3, -0.25) is 4.79 Å². The molecule has 1 N–H and O–H groups in total. The van der Waals surface area contributed by atoms with Crippen molar-refractivity contribution in [3.05, 3.63) is 65.2 Å². The number of nitriles is 1. The highest BCUT2D eigenvalue weighted by Gasteiger charge is 2.02. The second-order valence-electron chi connectivity index (χ2n) is 5.31. The maximum Gasteiger partial charge on any atom is 0.230 e. The molecule has 5 heteroatoms. The average Bonchev–Trinajstić information content (AvgIpc) is 2.61. The van der Waals surface area contributed by atoms with Crippen LogP contribution >= 0.6 is 23.5 Å². The van der Waals surface area contributed by atoms with E-state index in [0.717, 1.165) is 17.1 Å². The summed E-state index contributed by atoms with van der Waals surface area (Å²) in [6.45, 7) is 2.75. The van der Waals surface area contributed by atoms with Crippen LogP contribution < -0.4 is 5.32 Å². The Kier molecular flexibility index (Phi) is 7.73. The predicted molar refractivity (Wildman–Crippen MR) is 102 cm³/mol. The van der Waals surface area contributed by atoms with E-state index in [9.17, 15) is 4.79 Å². The molecular weight excluding hydrogens is 336 g/mol. The van der Waals surface area contributed by atoms with Crippen LogP contribution in [-0.4, -0.2) is 24.0 Å². The molecule has 0 atom stereocenters. The third-order valence-corrected chi connectivity index (χ3v) is 5.32. The highest BCUT2D eigenvalue weighted by atomic mass is 32.2. The second kappa shape index (κ2) is 10.1. The van der Waals surface area contributed by atoms with Crippen LogP contribution in [0.1, 0.15) is 16.7 Å². The van der Waals surface area contributed by atoms with E-state index < -0.39 is 0 Å². The molecule has 124 valence electrons. The van der Waals surface area contributed by atoms with Gasteiger partial charge in [-0.2, -0.15) is 5.26 Å². The average molecular weight is 357 g/mol. The van der Waals surface area contributed by atoms with Gasteiger partial charge in [0.15, 0.2) is 0 Å². The van der Waals surface area contributed by atoms with E-state index in [1.165, 1.54) is 10.5 Å². The topological polar surface area (TPSA) is 52.9 Å². The highest BCUT2D eigenvalue weighted by Crippen LogP contribution is 2.17.